The minimum Gasteiger partial charge on any atom is -0.434 e. The zero-order valence-electron chi connectivity index (χ0n) is 14.0. The number of nitrogens with zero attached hydrogens (tertiary/aromatic N) is 2. The molecule has 0 bridgehead atoms. The molecule has 2 rings (SSSR count). The minimum absolute atomic E-state index is 0.0501. The van der Waals surface area contributed by atoms with E-state index in [-0.39, 0.29) is 12.3 Å². The number of benzene rings is 2. The van der Waals surface area contributed by atoms with E-state index in [2.05, 4.69) is 26.4 Å². The van der Waals surface area contributed by atoms with Gasteiger partial charge < -0.3 is 15.4 Å². The molecule has 0 aliphatic rings. The number of ether oxygens (including phenoxy) is 1. The molecule has 2 N–H and O–H groups in total. The summed E-state index contributed by atoms with van der Waals surface area (Å²) < 4.78 is 29.5. The number of halogens is 3. The molecule has 0 aliphatic heterocycles. The van der Waals surface area contributed by atoms with Gasteiger partial charge in [0.25, 0.3) is 0 Å². The topological polar surface area (TPSA) is 69.4 Å². The van der Waals surface area contributed by atoms with E-state index in [4.69, 9.17) is 16.9 Å². The first kappa shape index (κ1) is 19.5. The summed E-state index contributed by atoms with van der Waals surface area (Å²) in [6.45, 7) is -2.27. The number of nitrogens with one attached hydrogen (secondary N) is 2. The maximum absolute atomic E-state index is 12.5. The first-order valence-electron chi connectivity index (χ1n) is 7.68. The predicted octanol–water partition coefficient (Wildman–Crippen LogP) is 3.68. The maximum Gasteiger partial charge on any atom is 0.387 e. The molecule has 136 valence electrons. The number of alkyl halides is 2. The maximum atomic E-state index is 12.5. The van der Waals surface area contributed by atoms with E-state index in [0.717, 1.165) is 5.56 Å². The third kappa shape index (κ3) is 5.90. The number of hydrogen-bond donors (Lipinski definition) is 2. The molecular formula is C18H17ClF2N4O. The van der Waals surface area contributed by atoms with Gasteiger partial charge in [0, 0.05) is 30.7 Å². The fourth-order valence-corrected chi connectivity index (χ4v) is 2.43. The lowest BCUT2D eigenvalue weighted by Crippen LogP contribution is -2.36. The van der Waals surface area contributed by atoms with E-state index < -0.39 is 6.61 Å². The van der Waals surface area contributed by atoms with Crippen LogP contribution < -0.4 is 15.4 Å². The summed E-state index contributed by atoms with van der Waals surface area (Å²) >= 11 is 5.93. The molecule has 0 unspecified atom stereocenters. The highest BCUT2D eigenvalue weighted by Crippen LogP contribution is 2.24. The summed E-state index contributed by atoms with van der Waals surface area (Å²) in [6, 6.07) is 13.7. The lowest BCUT2D eigenvalue weighted by Gasteiger charge is -2.15. The molecule has 0 aromatic heterocycles. The number of aliphatic imine (C=N–C) groups is 1. The van der Waals surface area contributed by atoms with Gasteiger partial charge in [-0.25, -0.2) is 0 Å². The molecule has 0 atom stereocenters. The van der Waals surface area contributed by atoms with Crippen molar-refractivity contribution in [3.8, 4) is 11.8 Å². The molecule has 0 spiro atoms. The summed E-state index contributed by atoms with van der Waals surface area (Å²) in [5.74, 6) is 0.518. The molecule has 0 fully saturated rings. The van der Waals surface area contributed by atoms with Gasteiger partial charge in [-0.1, -0.05) is 23.7 Å². The van der Waals surface area contributed by atoms with Crippen molar-refractivity contribution < 1.29 is 13.5 Å². The molecule has 2 aromatic carbocycles. The van der Waals surface area contributed by atoms with Crippen LogP contribution in [0.1, 0.15) is 16.7 Å². The SMILES string of the molecule is CN=C(NCc1cccc(C#N)c1)NCc1cc(Cl)ccc1OC(F)F. The van der Waals surface area contributed by atoms with Crippen LogP contribution in [-0.4, -0.2) is 19.6 Å². The molecule has 0 amide bonds. The summed E-state index contributed by atoms with van der Waals surface area (Å²) in [4.78, 5) is 4.08. The van der Waals surface area contributed by atoms with Gasteiger partial charge in [-0.3, -0.25) is 4.99 Å². The van der Waals surface area contributed by atoms with Gasteiger partial charge in [-0.2, -0.15) is 14.0 Å². The van der Waals surface area contributed by atoms with Gasteiger partial charge in [0.2, 0.25) is 0 Å². The van der Waals surface area contributed by atoms with Crippen molar-refractivity contribution in [2.75, 3.05) is 7.05 Å². The fraction of sp³-hybridized carbons (Fsp3) is 0.222. The van der Waals surface area contributed by atoms with Crippen molar-refractivity contribution >= 4 is 17.6 Å². The third-order valence-corrected chi connectivity index (χ3v) is 3.66. The van der Waals surface area contributed by atoms with Crippen molar-refractivity contribution in [1.29, 1.82) is 5.26 Å². The second-order valence-corrected chi connectivity index (χ2v) is 5.66. The van der Waals surface area contributed by atoms with Crippen LogP contribution >= 0.6 is 11.6 Å². The van der Waals surface area contributed by atoms with Crippen molar-refractivity contribution in [1.82, 2.24) is 10.6 Å². The second kappa shape index (κ2) is 9.59. The van der Waals surface area contributed by atoms with Gasteiger partial charge in [-0.05, 0) is 35.9 Å². The molecule has 0 aliphatic carbocycles. The number of hydrogen-bond acceptors (Lipinski definition) is 3. The van der Waals surface area contributed by atoms with E-state index in [1.54, 1.807) is 31.3 Å². The average Bonchev–Trinajstić information content (AvgIpc) is 2.63. The fourth-order valence-electron chi connectivity index (χ4n) is 2.23. The Balaban J connectivity index is 1.98. The molecular weight excluding hydrogens is 362 g/mol. The van der Waals surface area contributed by atoms with Crippen molar-refractivity contribution in [2.24, 2.45) is 4.99 Å². The van der Waals surface area contributed by atoms with Crippen LogP contribution in [0.2, 0.25) is 5.02 Å². The predicted molar refractivity (Wildman–Crippen MR) is 96.3 cm³/mol. The highest BCUT2D eigenvalue weighted by atomic mass is 35.5. The zero-order chi connectivity index (χ0) is 18.9. The molecule has 2 aromatic rings. The first-order valence-corrected chi connectivity index (χ1v) is 8.06. The number of guanidine groups is 1. The van der Waals surface area contributed by atoms with Crippen molar-refractivity contribution in [2.45, 2.75) is 19.7 Å². The Morgan fingerprint density at radius 1 is 1.23 bits per heavy atom. The van der Waals surface area contributed by atoms with E-state index in [0.29, 0.717) is 28.7 Å². The molecule has 0 saturated carbocycles. The van der Waals surface area contributed by atoms with Crippen LogP contribution in [0.5, 0.6) is 5.75 Å². The summed E-state index contributed by atoms with van der Waals surface area (Å²) in [7, 11) is 1.59. The Bertz CT molecular complexity index is 821. The second-order valence-electron chi connectivity index (χ2n) is 5.22. The first-order chi connectivity index (χ1) is 12.5. The largest absolute Gasteiger partial charge is 0.434 e. The number of rotatable bonds is 6. The Hall–Kier alpha value is -2.85. The quantitative estimate of drug-likeness (QED) is 0.594. The highest BCUT2D eigenvalue weighted by molar-refractivity contribution is 6.30. The smallest absolute Gasteiger partial charge is 0.387 e. The Morgan fingerprint density at radius 3 is 2.69 bits per heavy atom. The Labute approximate surface area is 155 Å². The van der Waals surface area contributed by atoms with Gasteiger partial charge in [0.1, 0.15) is 5.75 Å². The van der Waals surface area contributed by atoms with Gasteiger partial charge >= 0.3 is 6.61 Å². The van der Waals surface area contributed by atoms with Gasteiger partial charge in [-0.15, -0.1) is 0 Å². The third-order valence-electron chi connectivity index (χ3n) is 3.42. The van der Waals surface area contributed by atoms with Crippen LogP contribution in [0.3, 0.4) is 0 Å². The highest BCUT2D eigenvalue weighted by Gasteiger charge is 2.11. The zero-order valence-corrected chi connectivity index (χ0v) is 14.7. The van der Waals surface area contributed by atoms with E-state index in [9.17, 15) is 8.78 Å². The van der Waals surface area contributed by atoms with E-state index in [1.807, 2.05) is 6.07 Å². The molecule has 26 heavy (non-hydrogen) atoms. The molecule has 5 nitrogen and oxygen atoms in total. The van der Waals surface area contributed by atoms with Crippen LogP contribution in [0.15, 0.2) is 47.5 Å². The molecule has 0 heterocycles. The van der Waals surface area contributed by atoms with Gasteiger partial charge in [0.15, 0.2) is 5.96 Å². The van der Waals surface area contributed by atoms with Crippen molar-refractivity contribution in [3.63, 3.8) is 0 Å². The normalized spacial score (nSPS) is 11.2. The van der Waals surface area contributed by atoms with Crippen LogP contribution in [0.4, 0.5) is 8.78 Å². The summed E-state index contributed by atoms with van der Waals surface area (Å²) in [5, 5.41) is 15.4. The summed E-state index contributed by atoms with van der Waals surface area (Å²) in [5.41, 5.74) is 1.96. The van der Waals surface area contributed by atoms with Crippen molar-refractivity contribution in [3.05, 3.63) is 64.2 Å². The molecule has 0 saturated heterocycles. The van der Waals surface area contributed by atoms with E-state index in [1.165, 1.54) is 12.1 Å². The monoisotopic (exact) mass is 378 g/mol. The average molecular weight is 379 g/mol. The standard InChI is InChI=1S/C18H17ClF2N4O/c1-23-18(24-10-13-4-2-3-12(7-13)9-22)25-11-14-8-15(19)5-6-16(14)26-17(20)21/h2-8,17H,10-11H2,1H3,(H2,23,24,25). The minimum atomic E-state index is -2.92. The Kier molecular flexibility index (Phi) is 7.18. The van der Waals surface area contributed by atoms with Crippen LogP contribution in [-0.2, 0) is 13.1 Å². The van der Waals surface area contributed by atoms with Crippen LogP contribution in [0, 0.1) is 11.3 Å². The summed E-state index contributed by atoms with van der Waals surface area (Å²) in [6.07, 6.45) is 0. The lowest BCUT2D eigenvalue weighted by molar-refractivity contribution is -0.0504. The molecule has 8 heteroatoms. The van der Waals surface area contributed by atoms with Gasteiger partial charge in [0.05, 0.1) is 11.6 Å². The van der Waals surface area contributed by atoms with Crippen LogP contribution in [0.25, 0.3) is 0 Å². The lowest BCUT2D eigenvalue weighted by atomic mass is 10.1. The molecule has 0 radical (unpaired) electrons. The van der Waals surface area contributed by atoms with E-state index >= 15 is 0 Å². The Morgan fingerprint density at radius 2 is 2.00 bits per heavy atom. The number of nitriles is 1.